The van der Waals surface area contributed by atoms with Gasteiger partial charge in [-0.2, -0.15) is 0 Å². The molecule has 0 aromatic carbocycles. The van der Waals surface area contributed by atoms with Gasteiger partial charge >= 0.3 is 0 Å². The smallest absolute Gasteiger partial charge is 0.169 e. The molecule has 1 aliphatic carbocycles. The van der Waals surface area contributed by atoms with Gasteiger partial charge in [-0.15, -0.1) is 0 Å². The number of furan rings is 1. The molecule has 2 N–H and O–H groups in total. The molecular weight excluding hydrogens is 234 g/mol. The summed E-state index contributed by atoms with van der Waals surface area (Å²) in [6.07, 6.45) is 3.43. The van der Waals surface area contributed by atoms with Crippen molar-refractivity contribution in [3.05, 3.63) is 22.6 Å². The fourth-order valence-electron chi connectivity index (χ4n) is 1.82. The molecule has 1 saturated carbocycles. The molecule has 0 spiro atoms. The third-order valence-corrected chi connectivity index (χ3v) is 3.19. The molecule has 1 fully saturated rings. The molecule has 1 heterocycles. The minimum Gasteiger partial charge on any atom is -0.454 e. The Balaban J connectivity index is 2.21. The van der Waals surface area contributed by atoms with Gasteiger partial charge in [0.05, 0.1) is 12.0 Å². The number of halogens is 1. The van der Waals surface area contributed by atoms with Crippen LogP contribution in [-0.2, 0) is 10.3 Å². The molecule has 0 amide bonds. The van der Waals surface area contributed by atoms with Crippen LogP contribution in [0.3, 0.4) is 0 Å². The monoisotopic (exact) mass is 245 g/mol. The van der Waals surface area contributed by atoms with Crippen molar-refractivity contribution in [1.82, 2.24) is 0 Å². The van der Waals surface area contributed by atoms with Crippen LogP contribution in [0.5, 0.6) is 0 Å². The minimum atomic E-state index is 0.0424. The van der Waals surface area contributed by atoms with E-state index in [1.165, 1.54) is 6.42 Å². The van der Waals surface area contributed by atoms with Crippen LogP contribution in [0.2, 0.25) is 0 Å². The lowest BCUT2D eigenvalue weighted by atomic mass is 9.68. The molecule has 3 nitrogen and oxygen atoms in total. The summed E-state index contributed by atoms with van der Waals surface area (Å²) in [5.74, 6) is 6.10. The molecular formula is C9H12BrNO2. The molecule has 72 valence electrons. The number of nitrogens with two attached hydrogens (primary N) is 1. The predicted molar refractivity (Wildman–Crippen MR) is 52.1 cm³/mol. The van der Waals surface area contributed by atoms with Crippen molar-refractivity contribution in [2.75, 3.05) is 6.61 Å². The van der Waals surface area contributed by atoms with E-state index in [0.29, 0.717) is 6.61 Å². The third kappa shape index (κ3) is 1.54. The van der Waals surface area contributed by atoms with Crippen LogP contribution >= 0.6 is 15.9 Å². The second-order valence-corrected chi connectivity index (χ2v) is 4.33. The van der Waals surface area contributed by atoms with E-state index in [0.717, 1.165) is 23.3 Å². The van der Waals surface area contributed by atoms with E-state index in [4.69, 9.17) is 15.2 Å². The lowest BCUT2D eigenvalue weighted by molar-refractivity contribution is 0.0327. The average Bonchev–Trinajstić information content (AvgIpc) is 2.44. The molecule has 13 heavy (non-hydrogen) atoms. The molecule has 4 heteroatoms. The van der Waals surface area contributed by atoms with Gasteiger partial charge in [0, 0.05) is 0 Å². The molecule has 1 aromatic rings. The van der Waals surface area contributed by atoms with Gasteiger partial charge in [0.15, 0.2) is 4.67 Å². The molecule has 1 aromatic heterocycles. The van der Waals surface area contributed by atoms with Crippen molar-refractivity contribution in [2.24, 2.45) is 5.90 Å². The third-order valence-electron chi connectivity index (χ3n) is 2.77. The van der Waals surface area contributed by atoms with E-state index >= 15 is 0 Å². The van der Waals surface area contributed by atoms with Gasteiger partial charge in [-0.25, -0.2) is 5.90 Å². The van der Waals surface area contributed by atoms with E-state index < -0.39 is 0 Å². The summed E-state index contributed by atoms with van der Waals surface area (Å²) >= 11 is 3.29. The van der Waals surface area contributed by atoms with Crippen molar-refractivity contribution in [3.63, 3.8) is 0 Å². The number of hydrogen-bond acceptors (Lipinski definition) is 3. The topological polar surface area (TPSA) is 48.4 Å². The zero-order chi connectivity index (χ0) is 9.31. The van der Waals surface area contributed by atoms with Crippen LogP contribution in [0.1, 0.15) is 25.0 Å². The molecule has 0 bridgehead atoms. The van der Waals surface area contributed by atoms with Crippen LogP contribution in [0.4, 0.5) is 0 Å². The molecule has 0 atom stereocenters. The Morgan fingerprint density at radius 1 is 1.54 bits per heavy atom. The second-order valence-electron chi connectivity index (χ2n) is 3.55. The molecule has 0 saturated heterocycles. The highest BCUT2D eigenvalue weighted by molar-refractivity contribution is 9.10. The zero-order valence-electron chi connectivity index (χ0n) is 7.25. The highest BCUT2D eigenvalue weighted by atomic mass is 79.9. The lowest BCUT2D eigenvalue weighted by Crippen LogP contribution is -2.39. The first-order chi connectivity index (χ1) is 6.27. The van der Waals surface area contributed by atoms with Crippen molar-refractivity contribution in [1.29, 1.82) is 0 Å². The van der Waals surface area contributed by atoms with Crippen molar-refractivity contribution < 1.29 is 9.25 Å². The highest BCUT2D eigenvalue weighted by Crippen LogP contribution is 2.44. The van der Waals surface area contributed by atoms with Gasteiger partial charge in [0.1, 0.15) is 5.76 Å². The first-order valence-corrected chi connectivity index (χ1v) is 5.14. The van der Waals surface area contributed by atoms with Crippen LogP contribution in [0, 0.1) is 0 Å². The van der Waals surface area contributed by atoms with Gasteiger partial charge in [0.25, 0.3) is 0 Å². The maximum atomic E-state index is 5.52. The normalized spacial score (nSPS) is 19.8. The van der Waals surface area contributed by atoms with Crippen LogP contribution in [-0.4, -0.2) is 6.61 Å². The molecule has 0 radical (unpaired) electrons. The van der Waals surface area contributed by atoms with Gasteiger partial charge < -0.3 is 9.25 Å². The molecule has 0 unspecified atom stereocenters. The minimum absolute atomic E-state index is 0.0424. The predicted octanol–water partition coefficient (Wildman–Crippen LogP) is 2.35. The summed E-state index contributed by atoms with van der Waals surface area (Å²) in [7, 11) is 0. The SMILES string of the molecule is NOCC1(c2ccc(Br)o2)CCC1. The van der Waals surface area contributed by atoms with Gasteiger partial charge in [-0.05, 0) is 40.9 Å². The maximum Gasteiger partial charge on any atom is 0.169 e. The largest absolute Gasteiger partial charge is 0.454 e. The Hall–Kier alpha value is -0.320. The Morgan fingerprint density at radius 3 is 2.69 bits per heavy atom. The average molecular weight is 246 g/mol. The van der Waals surface area contributed by atoms with Crippen LogP contribution in [0.15, 0.2) is 21.2 Å². The quantitative estimate of drug-likeness (QED) is 0.833. The Labute approximate surface area is 85.3 Å². The molecule has 1 aliphatic rings. The fraction of sp³-hybridized carbons (Fsp3) is 0.556. The van der Waals surface area contributed by atoms with E-state index in [9.17, 15) is 0 Å². The van der Waals surface area contributed by atoms with E-state index in [1.807, 2.05) is 12.1 Å². The van der Waals surface area contributed by atoms with E-state index in [1.54, 1.807) is 0 Å². The summed E-state index contributed by atoms with van der Waals surface area (Å²) in [5.41, 5.74) is 0.0424. The standard InChI is InChI=1S/C9H12BrNO2/c10-8-3-2-7(13-8)9(6-12-11)4-1-5-9/h2-3H,1,4-6,11H2. The summed E-state index contributed by atoms with van der Waals surface area (Å²) in [4.78, 5) is 4.74. The van der Waals surface area contributed by atoms with Gasteiger partial charge in [-0.1, -0.05) is 6.42 Å². The summed E-state index contributed by atoms with van der Waals surface area (Å²) < 4.78 is 6.29. The summed E-state index contributed by atoms with van der Waals surface area (Å²) in [6.45, 7) is 0.549. The summed E-state index contributed by atoms with van der Waals surface area (Å²) in [6, 6.07) is 3.90. The maximum absolute atomic E-state index is 5.52. The Kier molecular flexibility index (Phi) is 2.45. The fourth-order valence-corrected chi connectivity index (χ4v) is 2.13. The van der Waals surface area contributed by atoms with E-state index in [-0.39, 0.29) is 5.41 Å². The first kappa shape index (κ1) is 9.24. The molecule has 0 aliphatic heterocycles. The van der Waals surface area contributed by atoms with Crippen molar-refractivity contribution >= 4 is 15.9 Å². The van der Waals surface area contributed by atoms with Crippen molar-refractivity contribution in [3.8, 4) is 0 Å². The lowest BCUT2D eigenvalue weighted by Gasteiger charge is -2.38. The van der Waals surface area contributed by atoms with Crippen LogP contribution < -0.4 is 5.90 Å². The van der Waals surface area contributed by atoms with Crippen molar-refractivity contribution in [2.45, 2.75) is 24.7 Å². The number of hydrogen-bond donors (Lipinski definition) is 1. The van der Waals surface area contributed by atoms with Crippen LogP contribution in [0.25, 0.3) is 0 Å². The van der Waals surface area contributed by atoms with E-state index in [2.05, 4.69) is 15.9 Å². The first-order valence-electron chi connectivity index (χ1n) is 4.34. The highest BCUT2D eigenvalue weighted by Gasteiger charge is 2.41. The van der Waals surface area contributed by atoms with Gasteiger partial charge in [0.2, 0.25) is 0 Å². The Morgan fingerprint density at radius 2 is 2.31 bits per heavy atom. The zero-order valence-corrected chi connectivity index (χ0v) is 8.84. The molecule has 2 rings (SSSR count). The number of rotatable bonds is 3. The van der Waals surface area contributed by atoms with Gasteiger partial charge in [-0.3, -0.25) is 0 Å². The Bertz CT molecular complexity index is 294. The summed E-state index contributed by atoms with van der Waals surface area (Å²) in [5, 5.41) is 0. The second kappa shape index (κ2) is 3.44.